The second-order valence-corrected chi connectivity index (χ2v) is 10.7. The van der Waals surface area contributed by atoms with Crippen molar-refractivity contribution in [2.45, 2.75) is 6.92 Å². The van der Waals surface area contributed by atoms with Crippen LogP contribution in [0.3, 0.4) is 0 Å². The van der Waals surface area contributed by atoms with E-state index >= 15 is 0 Å². The Morgan fingerprint density at radius 3 is 1.25 bits per heavy atom. The van der Waals surface area contributed by atoms with Crippen LogP contribution in [0.4, 0.5) is 0 Å². The topological polar surface area (TPSA) is 17.1 Å². The minimum absolute atomic E-state index is 0.219. The lowest BCUT2D eigenvalue weighted by Gasteiger charge is -2.32. The molecule has 0 N–H and O–H groups in total. The highest BCUT2D eigenvalue weighted by molar-refractivity contribution is 7.31. The van der Waals surface area contributed by atoms with Gasteiger partial charge in [0, 0.05) is 5.56 Å². The Kier molecular flexibility index (Phi) is 5.05. The van der Waals surface area contributed by atoms with Gasteiger partial charge in [-0.1, -0.05) is 121 Å². The first kappa shape index (κ1) is 18.1. The molecule has 2 heteroatoms. The Balaban J connectivity index is 2.07. The molecule has 0 saturated heterocycles. The molecule has 0 aliphatic carbocycles. The van der Waals surface area contributed by atoms with E-state index in [9.17, 15) is 4.79 Å². The number of aryl methyl sites for hydroxylation is 1. The van der Waals surface area contributed by atoms with Crippen LogP contribution < -0.4 is 15.6 Å². The molecule has 0 saturated carbocycles. The number of hydrogen-bond acceptors (Lipinski definition) is 1. The summed E-state index contributed by atoms with van der Waals surface area (Å²) in [6.45, 7) is 2.05. The zero-order chi connectivity index (χ0) is 19.4. The molecule has 1 nitrogen and oxygen atoms in total. The van der Waals surface area contributed by atoms with Crippen molar-refractivity contribution in [2.75, 3.05) is 0 Å². The Labute approximate surface area is 167 Å². The highest BCUT2D eigenvalue weighted by Crippen LogP contribution is 2.16. The first-order valence-electron chi connectivity index (χ1n) is 9.51. The molecule has 0 amide bonds. The largest absolute Gasteiger partial charge is 0.299 e. The van der Waals surface area contributed by atoms with Gasteiger partial charge in [0.05, 0.1) is 0 Å². The van der Waals surface area contributed by atoms with Crippen LogP contribution >= 0.6 is 0 Å². The number of carbonyl (C=O) groups excluding carboxylic acids is 1. The molecule has 4 aromatic rings. The second-order valence-electron chi connectivity index (χ2n) is 7.04. The van der Waals surface area contributed by atoms with Crippen molar-refractivity contribution in [3.8, 4) is 0 Å². The average Bonchev–Trinajstić information content (AvgIpc) is 2.77. The zero-order valence-corrected chi connectivity index (χ0v) is 16.9. The van der Waals surface area contributed by atoms with Crippen LogP contribution in [-0.2, 0) is 0 Å². The van der Waals surface area contributed by atoms with Gasteiger partial charge >= 0.3 is 0 Å². The molecule has 0 heterocycles. The van der Waals surface area contributed by atoms with Gasteiger partial charge in [0.2, 0.25) is 8.07 Å². The molecule has 0 unspecified atom stereocenters. The van der Waals surface area contributed by atoms with E-state index in [2.05, 4.69) is 36.4 Å². The summed E-state index contributed by atoms with van der Waals surface area (Å²) in [6, 6.07) is 38.9. The lowest BCUT2D eigenvalue weighted by Crippen LogP contribution is -2.72. The summed E-state index contributed by atoms with van der Waals surface area (Å²) < 4.78 is 0. The van der Waals surface area contributed by atoms with Crippen molar-refractivity contribution in [1.82, 2.24) is 0 Å². The van der Waals surface area contributed by atoms with E-state index in [1.54, 1.807) is 0 Å². The molecule has 0 atom stereocenters. The fourth-order valence-electron chi connectivity index (χ4n) is 3.88. The third kappa shape index (κ3) is 3.12. The summed E-state index contributed by atoms with van der Waals surface area (Å²) in [5, 5.41) is 3.55. The van der Waals surface area contributed by atoms with Gasteiger partial charge in [-0.05, 0) is 22.5 Å². The summed E-state index contributed by atoms with van der Waals surface area (Å²) >= 11 is 0. The van der Waals surface area contributed by atoms with Gasteiger partial charge in [0.15, 0.2) is 5.41 Å². The van der Waals surface area contributed by atoms with E-state index in [-0.39, 0.29) is 5.41 Å². The Bertz CT molecular complexity index is 959. The summed E-state index contributed by atoms with van der Waals surface area (Å²) in [7, 11) is -2.92. The monoisotopic (exact) mass is 378 g/mol. The molecule has 0 aliphatic heterocycles. The first-order chi connectivity index (χ1) is 13.7. The lowest BCUT2D eigenvalue weighted by molar-refractivity contribution is 0.107. The maximum Gasteiger partial charge on any atom is 0.230 e. The van der Waals surface area contributed by atoms with Crippen molar-refractivity contribution in [3.05, 3.63) is 126 Å². The number of carbonyl (C=O) groups is 1. The van der Waals surface area contributed by atoms with E-state index in [1.165, 1.54) is 0 Å². The van der Waals surface area contributed by atoms with Crippen LogP contribution in [0.1, 0.15) is 15.9 Å². The predicted octanol–water partition coefficient (Wildman–Crippen LogP) is 3.89. The average molecular weight is 379 g/mol. The third-order valence-corrected chi connectivity index (χ3v) is 9.84. The van der Waals surface area contributed by atoms with Gasteiger partial charge in [0.1, 0.15) is 0 Å². The van der Waals surface area contributed by atoms with Gasteiger partial charge in [-0.2, -0.15) is 0 Å². The number of hydrogen-bond donors (Lipinski definition) is 0. The van der Waals surface area contributed by atoms with Crippen LogP contribution in [0.15, 0.2) is 115 Å². The highest BCUT2D eigenvalue weighted by Gasteiger charge is 2.47. The minimum atomic E-state index is -2.92. The van der Waals surface area contributed by atoms with Crippen LogP contribution in [-0.4, -0.2) is 13.5 Å². The summed E-state index contributed by atoms with van der Waals surface area (Å²) in [6.07, 6.45) is 0. The fourth-order valence-corrected chi connectivity index (χ4v) is 8.34. The van der Waals surface area contributed by atoms with Gasteiger partial charge in [-0.25, -0.2) is 0 Å². The van der Waals surface area contributed by atoms with Gasteiger partial charge in [0.25, 0.3) is 0 Å². The SMILES string of the molecule is Cc1ccc(C(=O)[Si](c2ccccc2)(c2ccccc2)c2ccccc2)cc1. The zero-order valence-electron chi connectivity index (χ0n) is 15.9. The maximum atomic E-state index is 14.2. The van der Waals surface area contributed by atoms with Crippen molar-refractivity contribution in [2.24, 2.45) is 0 Å². The smallest absolute Gasteiger partial charge is 0.230 e. The van der Waals surface area contributed by atoms with E-state index in [1.807, 2.05) is 85.8 Å². The molecule has 0 fully saturated rings. The van der Waals surface area contributed by atoms with E-state index in [0.29, 0.717) is 0 Å². The Morgan fingerprint density at radius 1 is 0.536 bits per heavy atom. The van der Waals surface area contributed by atoms with Crippen LogP contribution in [0, 0.1) is 6.92 Å². The summed E-state index contributed by atoms with van der Waals surface area (Å²) in [4.78, 5) is 14.2. The van der Waals surface area contributed by atoms with Crippen LogP contribution in [0.25, 0.3) is 0 Å². The van der Waals surface area contributed by atoms with Crippen LogP contribution in [0.2, 0.25) is 0 Å². The standard InChI is InChI=1S/C26H22OSi/c1-21-17-19-22(20-18-21)26(27)28(23-11-5-2-6-12-23,24-13-7-3-8-14-24)25-15-9-4-10-16-25/h2-20H,1H3. The maximum absolute atomic E-state index is 14.2. The molecule has 136 valence electrons. The van der Waals surface area contributed by atoms with Crippen molar-refractivity contribution >= 4 is 29.0 Å². The highest BCUT2D eigenvalue weighted by atomic mass is 28.3. The van der Waals surface area contributed by atoms with Gasteiger partial charge < -0.3 is 0 Å². The van der Waals surface area contributed by atoms with Crippen molar-refractivity contribution in [3.63, 3.8) is 0 Å². The lowest BCUT2D eigenvalue weighted by atomic mass is 10.2. The number of rotatable bonds is 5. The predicted molar refractivity (Wildman–Crippen MR) is 119 cm³/mol. The summed E-state index contributed by atoms with van der Waals surface area (Å²) in [5.41, 5.74) is 1.93. The summed E-state index contributed by atoms with van der Waals surface area (Å²) in [5.74, 6) is 0. The molecular weight excluding hydrogens is 356 g/mol. The normalized spacial score (nSPS) is 11.2. The van der Waals surface area contributed by atoms with Gasteiger partial charge in [-0.15, -0.1) is 0 Å². The van der Waals surface area contributed by atoms with Gasteiger partial charge in [-0.3, -0.25) is 4.79 Å². The van der Waals surface area contributed by atoms with E-state index in [4.69, 9.17) is 0 Å². The minimum Gasteiger partial charge on any atom is -0.299 e. The molecule has 0 aliphatic rings. The van der Waals surface area contributed by atoms with E-state index in [0.717, 1.165) is 26.7 Å². The quantitative estimate of drug-likeness (QED) is 0.380. The van der Waals surface area contributed by atoms with Crippen molar-refractivity contribution in [1.29, 1.82) is 0 Å². The van der Waals surface area contributed by atoms with Crippen LogP contribution in [0.5, 0.6) is 0 Å². The Hall–Kier alpha value is -3.23. The second kappa shape index (κ2) is 7.79. The molecule has 4 aromatic carbocycles. The molecular formula is C26H22OSi. The third-order valence-electron chi connectivity index (χ3n) is 5.27. The molecule has 28 heavy (non-hydrogen) atoms. The molecule has 0 bridgehead atoms. The van der Waals surface area contributed by atoms with E-state index < -0.39 is 8.07 Å². The van der Waals surface area contributed by atoms with Crippen molar-refractivity contribution < 1.29 is 4.79 Å². The number of benzene rings is 4. The molecule has 0 spiro atoms. The molecule has 0 aromatic heterocycles. The molecule has 4 rings (SSSR count). The first-order valence-corrected chi connectivity index (χ1v) is 11.5. The Morgan fingerprint density at radius 2 is 0.893 bits per heavy atom. The molecule has 0 radical (unpaired) electrons. The fraction of sp³-hybridized carbons (Fsp3) is 0.0385.